The Bertz CT molecular complexity index is 895. The molecule has 0 amide bonds. The van der Waals surface area contributed by atoms with Gasteiger partial charge in [0.25, 0.3) is 5.56 Å². The van der Waals surface area contributed by atoms with Crippen LogP contribution in [-0.2, 0) is 0 Å². The first-order valence-corrected chi connectivity index (χ1v) is 8.02. The van der Waals surface area contributed by atoms with Crippen molar-refractivity contribution in [3.63, 3.8) is 0 Å². The Labute approximate surface area is 138 Å². The van der Waals surface area contributed by atoms with Crippen LogP contribution in [0.5, 0.6) is 11.5 Å². The number of hydrogen-bond donors (Lipinski definition) is 1. The number of thiophene rings is 1. The number of benzene rings is 1. The molecule has 0 fully saturated rings. The molecule has 5 heteroatoms. The lowest BCUT2D eigenvalue weighted by Gasteiger charge is -2.12. The Balaban J connectivity index is 2.25. The highest BCUT2D eigenvalue weighted by Crippen LogP contribution is 2.37. The molecule has 2 heterocycles. The van der Waals surface area contributed by atoms with Gasteiger partial charge in [-0.15, -0.1) is 11.3 Å². The maximum Gasteiger partial charge on any atom is 0.256 e. The first kappa shape index (κ1) is 15.4. The standard InChI is InChI=1S/C18H17NO3S/c1-11-7-9-23-17(11)13-6-8-19-18(20)16(13)12-4-5-14(21-2)15(10-12)22-3/h4-10H,1-3H3,(H,19,20). The number of ether oxygens (including phenoxy) is 2. The van der Waals surface area contributed by atoms with E-state index in [9.17, 15) is 4.79 Å². The lowest BCUT2D eigenvalue weighted by Crippen LogP contribution is -2.09. The van der Waals surface area contributed by atoms with Crippen LogP contribution in [0.3, 0.4) is 0 Å². The number of aryl methyl sites for hydroxylation is 1. The molecular formula is C18H17NO3S. The van der Waals surface area contributed by atoms with E-state index in [-0.39, 0.29) is 5.56 Å². The van der Waals surface area contributed by atoms with Crippen LogP contribution in [0.4, 0.5) is 0 Å². The predicted octanol–water partition coefficient (Wildman–Crippen LogP) is 4.10. The largest absolute Gasteiger partial charge is 0.493 e. The summed E-state index contributed by atoms with van der Waals surface area (Å²) in [5.41, 5.74) is 3.39. The summed E-state index contributed by atoms with van der Waals surface area (Å²) in [5, 5.41) is 2.03. The highest BCUT2D eigenvalue weighted by atomic mass is 32.1. The molecule has 2 aromatic heterocycles. The van der Waals surface area contributed by atoms with Crippen molar-refractivity contribution < 1.29 is 9.47 Å². The Morgan fingerprint density at radius 1 is 1.04 bits per heavy atom. The third-order valence-corrected chi connectivity index (χ3v) is 4.79. The molecule has 0 aliphatic carbocycles. The maximum absolute atomic E-state index is 12.5. The lowest BCUT2D eigenvalue weighted by molar-refractivity contribution is 0.355. The molecule has 0 atom stereocenters. The van der Waals surface area contributed by atoms with Gasteiger partial charge in [0.1, 0.15) is 0 Å². The van der Waals surface area contributed by atoms with E-state index in [1.54, 1.807) is 31.8 Å². The molecule has 0 unspecified atom stereocenters. The summed E-state index contributed by atoms with van der Waals surface area (Å²) in [6.07, 6.45) is 1.68. The van der Waals surface area contributed by atoms with E-state index < -0.39 is 0 Å². The summed E-state index contributed by atoms with van der Waals surface area (Å²) in [4.78, 5) is 16.3. The summed E-state index contributed by atoms with van der Waals surface area (Å²) >= 11 is 1.63. The summed E-state index contributed by atoms with van der Waals surface area (Å²) in [6, 6.07) is 9.51. The maximum atomic E-state index is 12.5. The molecule has 1 N–H and O–H groups in total. The van der Waals surface area contributed by atoms with E-state index in [1.165, 1.54) is 0 Å². The monoisotopic (exact) mass is 327 g/mol. The number of H-pyrrole nitrogens is 1. The van der Waals surface area contributed by atoms with Gasteiger partial charge in [0.2, 0.25) is 0 Å². The zero-order chi connectivity index (χ0) is 16.4. The number of aromatic nitrogens is 1. The predicted molar refractivity (Wildman–Crippen MR) is 93.7 cm³/mol. The fraction of sp³-hybridized carbons (Fsp3) is 0.167. The second-order valence-corrected chi connectivity index (χ2v) is 6.01. The third-order valence-electron chi connectivity index (χ3n) is 3.74. The number of hydrogen-bond acceptors (Lipinski definition) is 4. The van der Waals surface area contributed by atoms with Crippen LogP contribution < -0.4 is 15.0 Å². The van der Waals surface area contributed by atoms with Crippen LogP contribution in [0.15, 0.2) is 46.7 Å². The van der Waals surface area contributed by atoms with Crippen molar-refractivity contribution in [1.82, 2.24) is 4.98 Å². The highest BCUT2D eigenvalue weighted by Gasteiger charge is 2.16. The summed E-state index contributed by atoms with van der Waals surface area (Å²) in [5.74, 6) is 1.24. The van der Waals surface area contributed by atoms with Crippen molar-refractivity contribution in [2.45, 2.75) is 6.92 Å². The smallest absolute Gasteiger partial charge is 0.256 e. The molecule has 0 aliphatic rings. The fourth-order valence-corrected chi connectivity index (χ4v) is 3.55. The SMILES string of the molecule is COc1ccc(-c2c(-c3sccc3C)cc[nH]c2=O)cc1OC. The second kappa shape index (κ2) is 6.30. The van der Waals surface area contributed by atoms with Crippen LogP contribution in [0.25, 0.3) is 21.6 Å². The topological polar surface area (TPSA) is 51.3 Å². The minimum absolute atomic E-state index is 0.123. The Morgan fingerprint density at radius 3 is 2.48 bits per heavy atom. The lowest BCUT2D eigenvalue weighted by atomic mass is 9.99. The molecule has 0 saturated carbocycles. The van der Waals surface area contributed by atoms with E-state index in [2.05, 4.69) is 11.1 Å². The fourth-order valence-electron chi connectivity index (χ4n) is 2.59. The summed E-state index contributed by atoms with van der Waals surface area (Å²) in [7, 11) is 3.18. The van der Waals surface area contributed by atoms with Crippen molar-refractivity contribution in [2.75, 3.05) is 14.2 Å². The molecule has 0 spiro atoms. The minimum Gasteiger partial charge on any atom is -0.493 e. The van der Waals surface area contributed by atoms with Gasteiger partial charge in [0.05, 0.1) is 19.8 Å². The van der Waals surface area contributed by atoms with Crippen molar-refractivity contribution >= 4 is 11.3 Å². The number of methoxy groups -OCH3 is 2. The van der Waals surface area contributed by atoms with Crippen molar-refractivity contribution in [3.05, 3.63) is 57.8 Å². The van der Waals surface area contributed by atoms with Crippen molar-refractivity contribution in [3.8, 4) is 33.1 Å². The van der Waals surface area contributed by atoms with Gasteiger partial charge in [0, 0.05) is 16.6 Å². The zero-order valence-corrected chi connectivity index (χ0v) is 14.0. The normalized spacial score (nSPS) is 10.6. The average molecular weight is 327 g/mol. The van der Waals surface area contributed by atoms with Gasteiger partial charge in [-0.25, -0.2) is 0 Å². The number of nitrogens with one attached hydrogen (secondary N) is 1. The number of aromatic amines is 1. The molecule has 4 nitrogen and oxygen atoms in total. The van der Waals surface area contributed by atoms with Crippen molar-refractivity contribution in [2.24, 2.45) is 0 Å². The van der Waals surface area contributed by atoms with Crippen LogP contribution in [0.2, 0.25) is 0 Å². The van der Waals surface area contributed by atoms with E-state index in [1.807, 2.05) is 36.6 Å². The summed E-state index contributed by atoms with van der Waals surface area (Å²) < 4.78 is 10.6. The van der Waals surface area contributed by atoms with Gasteiger partial charge >= 0.3 is 0 Å². The molecule has 0 bridgehead atoms. The van der Waals surface area contributed by atoms with E-state index >= 15 is 0 Å². The van der Waals surface area contributed by atoms with Crippen LogP contribution in [0, 0.1) is 6.92 Å². The summed E-state index contributed by atoms with van der Waals surface area (Å²) in [6.45, 7) is 2.05. The molecular weight excluding hydrogens is 310 g/mol. The van der Waals surface area contributed by atoms with E-state index in [4.69, 9.17) is 9.47 Å². The number of rotatable bonds is 4. The molecule has 23 heavy (non-hydrogen) atoms. The Morgan fingerprint density at radius 2 is 1.83 bits per heavy atom. The number of pyridine rings is 1. The minimum atomic E-state index is -0.123. The molecule has 3 aromatic rings. The molecule has 3 rings (SSSR count). The average Bonchev–Trinajstić information content (AvgIpc) is 3.00. The van der Waals surface area contributed by atoms with Gasteiger partial charge in [-0.2, -0.15) is 0 Å². The van der Waals surface area contributed by atoms with Crippen LogP contribution >= 0.6 is 11.3 Å². The zero-order valence-electron chi connectivity index (χ0n) is 13.2. The highest BCUT2D eigenvalue weighted by molar-refractivity contribution is 7.13. The van der Waals surface area contributed by atoms with Gasteiger partial charge in [-0.1, -0.05) is 6.07 Å². The Kier molecular flexibility index (Phi) is 4.21. The third kappa shape index (κ3) is 2.75. The van der Waals surface area contributed by atoms with Crippen molar-refractivity contribution in [1.29, 1.82) is 0 Å². The van der Waals surface area contributed by atoms with Crippen LogP contribution in [0.1, 0.15) is 5.56 Å². The van der Waals surface area contributed by atoms with Gasteiger partial charge in [-0.3, -0.25) is 4.79 Å². The van der Waals surface area contributed by atoms with Gasteiger partial charge in [0.15, 0.2) is 11.5 Å². The molecule has 0 aliphatic heterocycles. The first-order chi connectivity index (χ1) is 11.2. The molecule has 1 aromatic carbocycles. The van der Waals surface area contributed by atoms with E-state index in [0.717, 1.165) is 21.6 Å². The molecule has 0 radical (unpaired) electrons. The van der Waals surface area contributed by atoms with Crippen LogP contribution in [-0.4, -0.2) is 19.2 Å². The Hall–Kier alpha value is -2.53. The first-order valence-electron chi connectivity index (χ1n) is 7.14. The van der Waals surface area contributed by atoms with Gasteiger partial charge in [-0.05, 0) is 47.7 Å². The quantitative estimate of drug-likeness (QED) is 0.785. The second-order valence-electron chi connectivity index (χ2n) is 5.10. The van der Waals surface area contributed by atoms with E-state index in [0.29, 0.717) is 17.1 Å². The van der Waals surface area contributed by atoms with Gasteiger partial charge < -0.3 is 14.5 Å². The molecule has 0 saturated heterocycles. The molecule has 118 valence electrons.